The number of nitrogens with zero attached hydrogens (tertiary/aromatic N) is 1. The van der Waals surface area contributed by atoms with Crippen LogP contribution in [0, 0.1) is 5.82 Å². The minimum absolute atomic E-state index is 0.181. The molecule has 0 saturated heterocycles. The molecule has 2 rings (SSSR count). The van der Waals surface area contributed by atoms with Gasteiger partial charge in [-0.1, -0.05) is 19.4 Å². The first-order valence-electron chi connectivity index (χ1n) is 6.38. The third-order valence-corrected chi connectivity index (χ3v) is 3.54. The van der Waals surface area contributed by atoms with Crippen LogP contribution < -0.4 is 4.90 Å². The van der Waals surface area contributed by atoms with Gasteiger partial charge in [0, 0.05) is 23.8 Å². The average Bonchev–Trinajstić information content (AvgIpc) is 3.14. The molecule has 1 aliphatic rings. The SMILES string of the molecule is CCCCN(c1cccc(F)c1CCl)C1CC1. The van der Waals surface area contributed by atoms with Crippen molar-refractivity contribution in [1.29, 1.82) is 0 Å². The van der Waals surface area contributed by atoms with Crippen LogP contribution in [0.1, 0.15) is 38.2 Å². The standard InChI is InChI=1S/C14H19ClFN/c1-2-3-9-17(11-7-8-11)14-6-4-5-13(16)12(14)10-15/h4-6,11H,2-3,7-10H2,1H3. The minimum Gasteiger partial charge on any atom is -0.368 e. The average molecular weight is 256 g/mol. The quantitative estimate of drug-likeness (QED) is 0.684. The smallest absolute Gasteiger partial charge is 0.129 e. The van der Waals surface area contributed by atoms with E-state index in [1.54, 1.807) is 6.07 Å². The van der Waals surface area contributed by atoms with Crippen LogP contribution in [-0.2, 0) is 5.88 Å². The fraction of sp³-hybridized carbons (Fsp3) is 0.571. The highest BCUT2D eigenvalue weighted by atomic mass is 35.5. The predicted octanol–water partition coefficient (Wildman–Crippen LogP) is 4.33. The largest absolute Gasteiger partial charge is 0.368 e. The van der Waals surface area contributed by atoms with Crippen molar-refractivity contribution in [3.63, 3.8) is 0 Å². The molecule has 1 saturated carbocycles. The van der Waals surface area contributed by atoms with Crippen molar-refractivity contribution in [2.45, 2.75) is 44.5 Å². The maximum Gasteiger partial charge on any atom is 0.129 e. The Hall–Kier alpha value is -0.760. The van der Waals surface area contributed by atoms with Crippen molar-refractivity contribution in [3.05, 3.63) is 29.6 Å². The Bertz CT molecular complexity index is 376. The first-order chi connectivity index (χ1) is 8.27. The number of rotatable bonds is 6. The summed E-state index contributed by atoms with van der Waals surface area (Å²) in [6.45, 7) is 3.19. The second kappa shape index (κ2) is 5.72. The molecule has 0 aromatic heterocycles. The van der Waals surface area contributed by atoms with E-state index >= 15 is 0 Å². The van der Waals surface area contributed by atoms with Crippen molar-refractivity contribution < 1.29 is 4.39 Å². The van der Waals surface area contributed by atoms with Gasteiger partial charge in [-0.05, 0) is 31.4 Å². The fourth-order valence-electron chi connectivity index (χ4n) is 2.16. The van der Waals surface area contributed by atoms with Crippen molar-refractivity contribution in [2.75, 3.05) is 11.4 Å². The highest BCUT2D eigenvalue weighted by molar-refractivity contribution is 6.17. The molecule has 17 heavy (non-hydrogen) atoms. The lowest BCUT2D eigenvalue weighted by atomic mass is 10.1. The molecule has 1 nitrogen and oxygen atoms in total. The Morgan fingerprint density at radius 1 is 1.41 bits per heavy atom. The molecule has 0 heterocycles. The summed E-state index contributed by atoms with van der Waals surface area (Å²) >= 11 is 5.87. The van der Waals surface area contributed by atoms with Gasteiger partial charge in [-0.15, -0.1) is 11.6 Å². The zero-order valence-corrected chi connectivity index (χ0v) is 11.0. The molecule has 1 aromatic rings. The second-order valence-corrected chi connectivity index (χ2v) is 4.92. The molecule has 0 atom stereocenters. The minimum atomic E-state index is -0.181. The van der Waals surface area contributed by atoms with E-state index < -0.39 is 0 Å². The van der Waals surface area contributed by atoms with Gasteiger partial charge in [-0.2, -0.15) is 0 Å². The van der Waals surface area contributed by atoms with E-state index in [-0.39, 0.29) is 11.7 Å². The van der Waals surface area contributed by atoms with Gasteiger partial charge < -0.3 is 4.90 Å². The molecule has 1 aromatic carbocycles. The van der Waals surface area contributed by atoms with Crippen LogP contribution in [0.4, 0.5) is 10.1 Å². The van der Waals surface area contributed by atoms with E-state index in [9.17, 15) is 4.39 Å². The molecule has 0 bridgehead atoms. The van der Waals surface area contributed by atoms with Crippen LogP contribution >= 0.6 is 11.6 Å². The lowest BCUT2D eigenvalue weighted by Gasteiger charge is -2.26. The Morgan fingerprint density at radius 2 is 2.18 bits per heavy atom. The van der Waals surface area contributed by atoms with Crippen LogP contribution in [0.25, 0.3) is 0 Å². The summed E-state index contributed by atoms with van der Waals surface area (Å²) in [7, 11) is 0. The van der Waals surface area contributed by atoms with Gasteiger partial charge in [0.25, 0.3) is 0 Å². The maximum atomic E-state index is 13.7. The van der Waals surface area contributed by atoms with Crippen molar-refractivity contribution in [1.82, 2.24) is 0 Å². The van der Waals surface area contributed by atoms with Crippen molar-refractivity contribution in [2.24, 2.45) is 0 Å². The first-order valence-corrected chi connectivity index (χ1v) is 6.91. The normalized spacial score (nSPS) is 15.0. The Labute approximate surface area is 108 Å². The predicted molar refractivity (Wildman–Crippen MR) is 71.2 cm³/mol. The van der Waals surface area contributed by atoms with Gasteiger partial charge in [0.15, 0.2) is 0 Å². The van der Waals surface area contributed by atoms with E-state index in [0.717, 1.165) is 25.1 Å². The summed E-state index contributed by atoms with van der Waals surface area (Å²) in [4.78, 5) is 2.34. The van der Waals surface area contributed by atoms with E-state index in [0.29, 0.717) is 11.6 Å². The van der Waals surface area contributed by atoms with Crippen LogP contribution in [0.15, 0.2) is 18.2 Å². The molecule has 1 aliphatic carbocycles. The molecule has 0 aliphatic heterocycles. The van der Waals surface area contributed by atoms with Gasteiger partial charge >= 0.3 is 0 Å². The van der Waals surface area contributed by atoms with Crippen molar-refractivity contribution >= 4 is 17.3 Å². The summed E-state index contributed by atoms with van der Waals surface area (Å²) < 4.78 is 13.7. The molecular formula is C14H19ClFN. The maximum absolute atomic E-state index is 13.7. The van der Waals surface area contributed by atoms with E-state index in [2.05, 4.69) is 11.8 Å². The van der Waals surface area contributed by atoms with Gasteiger partial charge in [-0.3, -0.25) is 0 Å². The summed E-state index contributed by atoms with van der Waals surface area (Å²) in [5.74, 6) is 0.0665. The fourth-order valence-corrected chi connectivity index (χ4v) is 2.43. The Kier molecular flexibility index (Phi) is 4.27. The van der Waals surface area contributed by atoms with Crippen LogP contribution in [0.3, 0.4) is 0 Å². The Balaban J connectivity index is 2.25. The molecule has 0 radical (unpaired) electrons. The van der Waals surface area contributed by atoms with Gasteiger partial charge in [0.1, 0.15) is 5.82 Å². The van der Waals surface area contributed by atoms with Crippen LogP contribution in [0.5, 0.6) is 0 Å². The molecule has 94 valence electrons. The molecule has 1 fully saturated rings. The highest BCUT2D eigenvalue weighted by Crippen LogP contribution is 2.35. The zero-order valence-electron chi connectivity index (χ0n) is 10.3. The van der Waals surface area contributed by atoms with Crippen molar-refractivity contribution in [3.8, 4) is 0 Å². The van der Waals surface area contributed by atoms with Gasteiger partial charge in [0.2, 0.25) is 0 Å². The summed E-state index contributed by atoms with van der Waals surface area (Å²) in [5, 5.41) is 0. The van der Waals surface area contributed by atoms with Gasteiger partial charge in [-0.25, -0.2) is 4.39 Å². The number of alkyl halides is 1. The van der Waals surface area contributed by atoms with E-state index in [4.69, 9.17) is 11.6 Å². The summed E-state index contributed by atoms with van der Waals surface area (Å²) in [5.41, 5.74) is 1.65. The topological polar surface area (TPSA) is 3.24 Å². The van der Waals surface area contributed by atoms with E-state index in [1.165, 1.54) is 18.9 Å². The lowest BCUT2D eigenvalue weighted by Crippen LogP contribution is -2.28. The summed E-state index contributed by atoms with van der Waals surface area (Å²) in [6.07, 6.45) is 4.76. The molecular weight excluding hydrogens is 237 g/mol. The third kappa shape index (κ3) is 2.92. The third-order valence-electron chi connectivity index (χ3n) is 3.28. The van der Waals surface area contributed by atoms with Crippen LogP contribution in [0.2, 0.25) is 0 Å². The zero-order chi connectivity index (χ0) is 12.3. The molecule has 0 amide bonds. The number of benzene rings is 1. The molecule has 0 spiro atoms. The number of hydrogen-bond acceptors (Lipinski definition) is 1. The number of hydrogen-bond donors (Lipinski definition) is 0. The van der Waals surface area contributed by atoms with Gasteiger partial charge in [0.05, 0.1) is 5.88 Å². The first kappa shape index (κ1) is 12.7. The van der Waals surface area contributed by atoms with Crippen LogP contribution in [-0.4, -0.2) is 12.6 Å². The lowest BCUT2D eigenvalue weighted by molar-refractivity contribution is 0.613. The van der Waals surface area contributed by atoms with E-state index in [1.807, 2.05) is 6.07 Å². The monoisotopic (exact) mass is 255 g/mol. The molecule has 3 heteroatoms. The summed E-state index contributed by atoms with van der Waals surface area (Å²) in [6, 6.07) is 5.87. The highest BCUT2D eigenvalue weighted by Gasteiger charge is 2.30. The number of halogens is 2. The number of anilines is 1. The molecule has 0 unspecified atom stereocenters. The second-order valence-electron chi connectivity index (χ2n) is 4.65. The molecule has 0 N–H and O–H groups in total. The number of unbranched alkanes of at least 4 members (excludes halogenated alkanes) is 1. The Morgan fingerprint density at radius 3 is 2.76 bits per heavy atom.